The monoisotopic (exact) mass is 247 g/mol. The lowest BCUT2D eigenvalue weighted by molar-refractivity contribution is -0.155. The third-order valence-corrected chi connectivity index (χ3v) is 1.84. The van der Waals surface area contributed by atoms with E-state index >= 15 is 0 Å². The van der Waals surface area contributed by atoms with Crippen LogP contribution in [-0.2, 0) is 9.59 Å². The first kappa shape index (κ1) is 15.2. The van der Waals surface area contributed by atoms with Gasteiger partial charge in [-0.15, -0.1) is 0 Å². The van der Waals surface area contributed by atoms with Gasteiger partial charge in [-0.05, 0) is 6.92 Å². The second-order valence-corrected chi connectivity index (χ2v) is 3.67. The molecule has 0 bridgehead atoms. The number of aliphatic hydroxyl groups is 1. The van der Waals surface area contributed by atoms with E-state index in [4.69, 9.17) is 5.11 Å². The van der Waals surface area contributed by atoms with Crippen LogP contribution in [0, 0.1) is 0 Å². The van der Waals surface area contributed by atoms with Crippen LogP contribution in [0.5, 0.6) is 0 Å². The fourth-order valence-electron chi connectivity index (χ4n) is 0.805. The molecule has 0 aromatic carbocycles. The molecule has 3 amide bonds. The minimum Gasteiger partial charge on any atom is -0.479 e. The van der Waals surface area contributed by atoms with Crippen molar-refractivity contribution in [3.8, 4) is 0 Å². The number of carbonyl (C=O) groups is 3. The molecule has 0 fully saturated rings. The molecule has 8 heteroatoms. The Morgan fingerprint density at radius 1 is 1.12 bits per heavy atom. The Morgan fingerprint density at radius 2 is 1.65 bits per heavy atom. The van der Waals surface area contributed by atoms with Crippen LogP contribution < -0.4 is 16.0 Å². The summed E-state index contributed by atoms with van der Waals surface area (Å²) >= 11 is 0. The summed E-state index contributed by atoms with van der Waals surface area (Å²) in [4.78, 5) is 32.1. The van der Waals surface area contributed by atoms with E-state index in [1.807, 2.05) is 0 Å². The van der Waals surface area contributed by atoms with E-state index in [9.17, 15) is 19.5 Å². The third-order valence-electron chi connectivity index (χ3n) is 1.84. The summed E-state index contributed by atoms with van der Waals surface area (Å²) in [5, 5.41) is 24.9. The lowest BCUT2D eigenvalue weighted by Gasteiger charge is -2.18. The topological polar surface area (TPSA) is 128 Å². The first-order valence-corrected chi connectivity index (χ1v) is 4.97. The summed E-state index contributed by atoms with van der Waals surface area (Å²) in [5.41, 5.74) is -2.00. The lowest BCUT2D eigenvalue weighted by atomic mass is 10.1. The van der Waals surface area contributed by atoms with Crippen molar-refractivity contribution in [1.82, 2.24) is 16.0 Å². The summed E-state index contributed by atoms with van der Waals surface area (Å²) in [6.45, 7) is 2.50. The van der Waals surface area contributed by atoms with Crippen molar-refractivity contribution in [1.29, 1.82) is 0 Å². The van der Waals surface area contributed by atoms with Gasteiger partial charge in [0.25, 0.3) is 0 Å². The van der Waals surface area contributed by atoms with Gasteiger partial charge in [0.05, 0.1) is 6.54 Å². The molecule has 0 saturated heterocycles. The lowest BCUT2D eigenvalue weighted by Crippen LogP contribution is -2.49. The van der Waals surface area contributed by atoms with Crippen LogP contribution in [-0.4, -0.2) is 53.4 Å². The maximum Gasteiger partial charge on any atom is 0.337 e. The van der Waals surface area contributed by atoms with Crippen molar-refractivity contribution in [2.24, 2.45) is 0 Å². The summed E-state index contributed by atoms with van der Waals surface area (Å²) < 4.78 is 0. The minimum absolute atomic E-state index is 0.207. The average molecular weight is 247 g/mol. The van der Waals surface area contributed by atoms with Gasteiger partial charge in [0.15, 0.2) is 5.60 Å². The minimum atomic E-state index is -2.00. The molecule has 0 saturated carbocycles. The fraction of sp³-hybridized carbons (Fsp3) is 0.667. The standard InChI is InChI=1S/C9H17N3O5/c1-6(13)10-3-4-11-8(16)12-5-9(2,17)7(14)15/h17H,3-5H2,1-2H3,(H,10,13)(H,14,15)(H2,11,12,16). The molecular formula is C9H17N3O5. The maximum absolute atomic E-state index is 11.1. The smallest absolute Gasteiger partial charge is 0.337 e. The zero-order valence-electron chi connectivity index (χ0n) is 9.74. The number of carboxylic acids is 1. The van der Waals surface area contributed by atoms with Gasteiger partial charge in [-0.3, -0.25) is 4.79 Å². The number of hydrogen-bond acceptors (Lipinski definition) is 4. The van der Waals surface area contributed by atoms with Crippen LogP contribution in [0.1, 0.15) is 13.8 Å². The molecule has 0 rings (SSSR count). The molecule has 0 aliphatic carbocycles. The molecule has 0 radical (unpaired) electrons. The highest BCUT2D eigenvalue weighted by molar-refractivity contribution is 5.79. The summed E-state index contributed by atoms with van der Waals surface area (Å²) in [7, 11) is 0. The van der Waals surface area contributed by atoms with Gasteiger partial charge in [-0.1, -0.05) is 0 Å². The number of carbonyl (C=O) groups excluding carboxylic acids is 2. The Hall–Kier alpha value is -1.83. The molecule has 0 aliphatic rings. The second-order valence-electron chi connectivity index (χ2n) is 3.67. The maximum atomic E-state index is 11.1. The van der Waals surface area contributed by atoms with Gasteiger partial charge in [0.1, 0.15) is 0 Å². The number of rotatable bonds is 6. The van der Waals surface area contributed by atoms with Gasteiger partial charge < -0.3 is 26.2 Å². The molecule has 98 valence electrons. The average Bonchev–Trinajstić information content (AvgIpc) is 2.21. The number of urea groups is 1. The highest BCUT2D eigenvalue weighted by Gasteiger charge is 2.30. The predicted molar refractivity (Wildman–Crippen MR) is 58.3 cm³/mol. The van der Waals surface area contributed by atoms with Gasteiger partial charge in [0, 0.05) is 20.0 Å². The van der Waals surface area contributed by atoms with Crippen LogP contribution in [0.3, 0.4) is 0 Å². The highest BCUT2D eigenvalue weighted by Crippen LogP contribution is 2.00. The Balaban J connectivity index is 3.74. The Morgan fingerprint density at radius 3 is 2.12 bits per heavy atom. The van der Waals surface area contributed by atoms with E-state index in [0.717, 1.165) is 6.92 Å². The normalized spacial score (nSPS) is 13.4. The molecule has 8 nitrogen and oxygen atoms in total. The van der Waals surface area contributed by atoms with Crippen molar-refractivity contribution in [2.45, 2.75) is 19.4 Å². The number of aliphatic carboxylic acids is 1. The SMILES string of the molecule is CC(=O)NCCNC(=O)NCC(C)(O)C(=O)O. The van der Waals surface area contributed by atoms with Gasteiger partial charge >= 0.3 is 12.0 Å². The molecule has 1 unspecified atom stereocenters. The molecule has 0 aliphatic heterocycles. The van der Waals surface area contributed by atoms with E-state index in [1.165, 1.54) is 6.92 Å². The molecule has 17 heavy (non-hydrogen) atoms. The Kier molecular flexibility index (Phi) is 5.97. The molecule has 0 spiro atoms. The molecule has 0 aromatic rings. The van der Waals surface area contributed by atoms with E-state index in [2.05, 4.69) is 16.0 Å². The van der Waals surface area contributed by atoms with Crippen molar-refractivity contribution < 1.29 is 24.6 Å². The summed E-state index contributed by atoms with van der Waals surface area (Å²) in [5.74, 6) is -1.63. The molecule has 0 aromatic heterocycles. The predicted octanol–water partition coefficient (Wildman–Crippen LogP) is -1.74. The quantitative estimate of drug-likeness (QED) is 0.356. The molecule has 5 N–H and O–H groups in total. The second kappa shape index (κ2) is 6.69. The number of nitrogens with one attached hydrogen (secondary N) is 3. The first-order chi connectivity index (χ1) is 7.75. The van der Waals surface area contributed by atoms with Crippen molar-refractivity contribution in [3.63, 3.8) is 0 Å². The van der Waals surface area contributed by atoms with Crippen LogP contribution in [0.4, 0.5) is 4.79 Å². The van der Waals surface area contributed by atoms with Crippen LogP contribution >= 0.6 is 0 Å². The zero-order valence-corrected chi connectivity index (χ0v) is 9.74. The highest BCUT2D eigenvalue weighted by atomic mass is 16.4. The van der Waals surface area contributed by atoms with Crippen LogP contribution in [0.25, 0.3) is 0 Å². The summed E-state index contributed by atoms with van der Waals surface area (Å²) in [6.07, 6.45) is 0. The van der Waals surface area contributed by atoms with Crippen LogP contribution in [0.15, 0.2) is 0 Å². The van der Waals surface area contributed by atoms with Gasteiger partial charge in [0.2, 0.25) is 5.91 Å². The number of amides is 3. The van der Waals surface area contributed by atoms with E-state index in [1.54, 1.807) is 0 Å². The van der Waals surface area contributed by atoms with Crippen LogP contribution in [0.2, 0.25) is 0 Å². The van der Waals surface area contributed by atoms with Crippen molar-refractivity contribution in [3.05, 3.63) is 0 Å². The summed E-state index contributed by atoms with van der Waals surface area (Å²) in [6, 6.07) is -0.614. The van der Waals surface area contributed by atoms with Crippen molar-refractivity contribution in [2.75, 3.05) is 19.6 Å². The van der Waals surface area contributed by atoms with Crippen molar-refractivity contribution >= 4 is 17.9 Å². The molecular weight excluding hydrogens is 230 g/mol. The van der Waals surface area contributed by atoms with Gasteiger partial charge in [-0.25, -0.2) is 9.59 Å². The first-order valence-electron chi connectivity index (χ1n) is 4.97. The van der Waals surface area contributed by atoms with E-state index < -0.39 is 24.1 Å². The third kappa shape index (κ3) is 7.12. The molecule has 0 heterocycles. The Bertz CT molecular complexity index is 303. The fourth-order valence-corrected chi connectivity index (χ4v) is 0.805. The van der Waals surface area contributed by atoms with E-state index in [-0.39, 0.29) is 19.0 Å². The Labute approximate surface area is 98.4 Å². The largest absolute Gasteiger partial charge is 0.479 e. The number of hydrogen-bond donors (Lipinski definition) is 5. The van der Waals surface area contributed by atoms with Gasteiger partial charge in [-0.2, -0.15) is 0 Å². The van der Waals surface area contributed by atoms with E-state index in [0.29, 0.717) is 0 Å². The number of carboxylic acid groups (broad SMARTS) is 1. The zero-order chi connectivity index (χ0) is 13.5. The molecule has 1 atom stereocenters.